The molecule has 0 aliphatic carbocycles. The molecule has 1 atom stereocenters. The lowest BCUT2D eigenvalue weighted by Crippen LogP contribution is -2.39. The molecule has 0 saturated carbocycles. The molecule has 1 aliphatic heterocycles. The van der Waals surface area contributed by atoms with Gasteiger partial charge in [-0.25, -0.2) is 0 Å². The van der Waals surface area contributed by atoms with E-state index in [4.69, 9.17) is 0 Å². The van der Waals surface area contributed by atoms with Gasteiger partial charge in [-0.1, -0.05) is 207 Å². The third-order valence-corrected chi connectivity index (χ3v) is 10.0. The maximum absolute atomic E-state index is 2.68. The fourth-order valence-electron chi connectivity index (χ4n) is 7.14. The van der Waals surface area contributed by atoms with Crippen LogP contribution in [0.3, 0.4) is 0 Å². The van der Waals surface area contributed by atoms with Crippen LogP contribution in [0, 0.1) is 0 Å². The van der Waals surface area contributed by atoms with Gasteiger partial charge in [0.05, 0.1) is 0 Å². The van der Waals surface area contributed by atoms with E-state index in [1.807, 2.05) is 0 Å². The molecule has 0 amide bonds. The molecule has 0 spiro atoms. The van der Waals surface area contributed by atoms with E-state index in [1.54, 1.807) is 0 Å². The Hall–Kier alpha value is -0.660. The van der Waals surface area contributed by atoms with Crippen LogP contribution >= 0.6 is 0 Å². The maximum Gasteiger partial charge on any atom is 0.101 e. The van der Waals surface area contributed by atoms with Crippen molar-refractivity contribution in [2.45, 2.75) is 239 Å². The van der Waals surface area contributed by atoms with Crippen LogP contribution in [0.25, 0.3) is 0 Å². The lowest BCUT2D eigenvalue weighted by Gasteiger charge is -2.33. The van der Waals surface area contributed by atoms with Gasteiger partial charge in [-0.05, 0) is 25.7 Å². The summed E-state index contributed by atoms with van der Waals surface area (Å²) in [6.45, 7) is 9.43. The highest BCUT2D eigenvalue weighted by Crippen LogP contribution is 2.23. The van der Waals surface area contributed by atoms with Crippen LogP contribution in [0.1, 0.15) is 233 Å². The molecule has 2 heteroatoms. The molecule has 1 unspecified atom stereocenters. The predicted octanol–water partition coefficient (Wildman–Crippen LogP) is 14.3. The first-order valence-corrected chi connectivity index (χ1v) is 20.5. The van der Waals surface area contributed by atoms with E-state index < -0.39 is 0 Å². The van der Waals surface area contributed by atoms with Crippen LogP contribution in [-0.4, -0.2) is 29.1 Å². The minimum absolute atomic E-state index is 0.637. The van der Waals surface area contributed by atoms with Crippen molar-refractivity contribution in [3.63, 3.8) is 0 Å². The molecule has 256 valence electrons. The van der Waals surface area contributed by atoms with Crippen LogP contribution in [-0.2, 0) is 0 Å². The lowest BCUT2D eigenvalue weighted by atomic mass is 10.0. The van der Waals surface area contributed by atoms with Crippen LogP contribution in [0.5, 0.6) is 0 Å². The molecule has 0 N–H and O–H groups in total. The van der Waals surface area contributed by atoms with Crippen molar-refractivity contribution in [3.05, 3.63) is 12.4 Å². The van der Waals surface area contributed by atoms with Gasteiger partial charge < -0.3 is 9.80 Å². The zero-order valence-corrected chi connectivity index (χ0v) is 30.4. The van der Waals surface area contributed by atoms with E-state index in [0.717, 1.165) is 0 Å². The zero-order chi connectivity index (χ0) is 30.9. The van der Waals surface area contributed by atoms with Gasteiger partial charge in [0, 0.05) is 25.5 Å². The zero-order valence-electron chi connectivity index (χ0n) is 30.4. The van der Waals surface area contributed by atoms with E-state index in [2.05, 4.69) is 43.0 Å². The van der Waals surface area contributed by atoms with Crippen molar-refractivity contribution in [3.8, 4) is 0 Å². The summed E-state index contributed by atoms with van der Waals surface area (Å²) in [5.74, 6) is 0. The normalized spacial score (nSPS) is 14.9. The van der Waals surface area contributed by atoms with Gasteiger partial charge in [0.2, 0.25) is 0 Å². The van der Waals surface area contributed by atoms with Crippen molar-refractivity contribution < 1.29 is 0 Å². The Morgan fingerprint density at radius 1 is 0.302 bits per heavy atom. The van der Waals surface area contributed by atoms with Gasteiger partial charge in [-0.2, -0.15) is 0 Å². The van der Waals surface area contributed by atoms with Crippen LogP contribution in [0.4, 0.5) is 0 Å². The minimum Gasteiger partial charge on any atom is -0.356 e. The Bertz CT molecular complexity index is 558. The summed E-state index contributed by atoms with van der Waals surface area (Å²) in [6.07, 6.45) is 53.1. The molecule has 2 nitrogen and oxygen atoms in total. The van der Waals surface area contributed by atoms with Crippen molar-refractivity contribution >= 4 is 0 Å². The first-order chi connectivity index (χ1) is 21.3. The molecule has 1 aliphatic rings. The molecule has 0 fully saturated rings. The molecule has 0 aromatic rings. The second kappa shape index (κ2) is 32.7. The Morgan fingerprint density at radius 3 is 0.907 bits per heavy atom. The van der Waals surface area contributed by atoms with Gasteiger partial charge in [0.25, 0.3) is 0 Å². The van der Waals surface area contributed by atoms with E-state index in [1.165, 1.54) is 225 Å². The topological polar surface area (TPSA) is 6.48 Å². The van der Waals surface area contributed by atoms with Crippen molar-refractivity contribution in [1.29, 1.82) is 0 Å². The summed E-state index contributed by atoms with van der Waals surface area (Å²) in [5.41, 5.74) is 0. The van der Waals surface area contributed by atoms with E-state index in [9.17, 15) is 0 Å². The van der Waals surface area contributed by atoms with Crippen molar-refractivity contribution in [2.24, 2.45) is 0 Å². The van der Waals surface area contributed by atoms with Crippen LogP contribution in [0.15, 0.2) is 12.4 Å². The van der Waals surface area contributed by atoms with Crippen molar-refractivity contribution in [1.82, 2.24) is 9.80 Å². The van der Waals surface area contributed by atoms with Gasteiger partial charge in [0.15, 0.2) is 0 Å². The van der Waals surface area contributed by atoms with E-state index in [-0.39, 0.29) is 0 Å². The fraction of sp³-hybridized carbons (Fsp3) is 0.951. The molecule has 1 rings (SSSR count). The van der Waals surface area contributed by atoms with E-state index in [0.29, 0.717) is 6.17 Å². The number of nitrogens with zero attached hydrogens (tertiary/aromatic N) is 2. The summed E-state index contributed by atoms with van der Waals surface area (Å²) in [4.78, 5) is 5.32. The summed E-state index contributed by atoms with van der Waals surface area (Å²) in [5, 5.41) is 0. The SMILES string of the molecule is CCCCCCCCCCCCCCCCCCC1N(CCC)C=CN1CCCCCCCCCCCCCCCCC. The Kier molecular flexibility index (Phi) is 30.7. The molecule has 0 saturated heterocycles. The first-order valence-electron chi connectivity index (χ1n) is 20.5. The number of unbranched alkanes of at least 4 members (excludes halogenated alkanes) is 29. The Balaban J connectivity index is 1.96. The van der Waals surface area contributed by atoms with Gasteiger partial charge in [-0.3, -0.25) is 0 Å². The summed E-state index contributed by atoms with van der Waals surface area (Å²) in [6, 6.07) is 0. The van der Waals surface area contributed by atoms with Crippen LogP contribution < -0.4 is 0 Å². The average Bonchev–Trinajstić information content (AvgIpc) is 3.39. The largest absolute Gasteiger partial charge is 0.356 e. The highest BCUT2D eigenvalue weighted by Gasteiger charge is 2.24. The third kappa shape index (κ3) is 25.2. The molecule has 0 aromatic heterocycles. The van der Waals surface area contributed by atoms with E-state index >= 15 is 0 Å². The molecule has 1 heterocycles. The quantitative estimate of drug-likeness (QED) is 0.0666. The second-order valence-electron chi connectivity index (χ2n) is 14.3. The molecule has 43 heavy (non-hydrogen) atoms. The summed E-state index contributed by atoms with van der Waals surface area (Å²) >= 11 is 0. The maximum atomic E-state index is 2.68. The fourth-order valence-corrected chi connectivity index (χ4v) is 7.14. The number of hydrogen-bond donors (Lipinski definition) is 0. The highest BCUT2D eigenvalue weighted by molar-refractivity contribution is 4.96. The Morgan fingerprint density at radius 2 is 0.581 bits per heavy atom. The summed E-state index contributed by atoms with van der Waals surface area (Å²) in [7, 11) is 0. The number of rotatable bonds is 35. The smallest absolute Gasteiger partial charge is 0.101 e. The van der Waals surface area contributed by atoms with Gasteiger partial charge in [-0.15, -0.1) is 0 Å². The van der Waals surface area contributed by atoms with Gasteiger partial charge >= 0.3 is 0 Å². The molecule has 0 aromatic carbocycles. The van der Waals surface area contributed by atoms with Gasteiger partial charge in [0.1, 0.15) is 6.17 Å². The number of hydrogen-bond acceptors (Lipinski definition) is 2. The first kappa shape index (κ1) is 40.4. The molecule has 0 bridgehead atoms. The molecular formula is C41H82N2. The Labute approximate surface area is 273 Å². The molecule has 0 radical (unpaired) electrons. The predicted molar refractivity (Wildman–Crippen MR) is 196 cm³/mol. The summed E-state index contributed by atoms with van der Waals surface area (Å²) < 4.78 is 0. The molecular weight excluding hydrogens is 520 g/mol. The lowest BCUT2D eigenvalue weighted by molar-refractivity contribution is 0.137. The third-order valence-electron chi connectivity index (χ3n) is 10.0. The van der Waals surface area contributed by atoms with Crippen molar-refractivity contribution in [2.75, 3.05) is 13.1 Å². The average molecular weight is 603 g/mol. The monoisotopic (exact) mass is 603 g/mol. The second-order valence-corrected chi connectivity index (χ2v) is 14.3. The standard InChI is InChI=1S/C41H82N2/c1-4-7-9-11-13-15-17-19-21-22-24-26-28-30-32-34-36-41-42(37-6-3)39-40-43(41)38-35-33-31-29-27-25-23-20-18-16-14-12-10-8-5-2/h39-41H,4-38H2,1-3H3. The minimum atomic E-state index is 0.637. The van der Waals surface area contributed by atoms with Crippen LogP contribution in [0.2, 0.25) is 0 Å². The highest BCUT2D eigenvalue weighted by atomic mass is 15.4.